The molecule has 0 radical (unpaired) electrons. The summed E-state index contributed by atoms with van der Waals surface area (Å²) >= 11 is 5.69. The molecule has 0 aromatic heterocycles. The molecule has 0 saturated carbocycles. The normalized spacial score (nSPS) is 10.4. The van der Waals surface area contributed by atoms with Crippen molar-refractivity contribution >= 4 is 23.2 Å². The van der Waals surface area contributed by atoms with Crippen LogP contribution in [0.15, 0.2) is 42.5 Å². The molecule has 0 aliphatic heterocycles. The summed E-state index contributed by atoms with van der Waals surface area (Å²) in [5.41, 5.74) is 2.72. The minimum absolute atomic E-state index is 0.0819. The van der Waals surface area contributed by atoms with Gasteiger partial charge in [0.1, 0.15) is 5.82 Å². The fraction of sp³-hybridized carbons (Fsp3) is 0.188. The number of hydrogen-bond donors (Lipinski definition) is 2. The van der Waals surface area contributed by atoms with Crippen molar-refractivity contribution in [2.75, 3.05) is 11.9 Å². The number of aryl methyl sites for hydroxylation is 1. The number of nitrogens with one attached hydrogen (secondary N) is 2. The van der Waals surface area contributed by atoms with Crippen LogP contribution in [0.1, 0.15) is 11.1 Å². The first-order valence-corrected chi connectivity index (χ1v) is 6.93. The quantitative estimate of drug-likeness (QED) is 0.887. The van der Waals surface area contributed by atoms with Gasteiger partial charge >= 0.3 is 0 Å². The van der Waals surface area contributed by atoms with Crippen molar-refractivity contribution in [3.63, 3.8) is 0 Å². The van der Waals surface area contributed by atoms with Crippen molar-refractivity contribution in [3.8, 4) is 0 Å². The van der Waals surface area contributed by atoms with Crippen LogP contribution in [0.25, 0.3) is 0 Å². The average molecular weight is 307 g/mol. The van der Waals surface area contributed by atoms with Crippen LogP contribution < -0.4 is 10.6 Å². The summed E-state index contributed by atoms with van der Waals surface area (Å²) in [5.74, 6) is -0.579. The van der Waals surface area contributed by atoms with Crippen LogP contribution >= 0.6 is 11.6 Å². The third-order valence-corrected chi connectivity index (χ3v) is 3.22. The van der Waals surface area contributed by atoms with E-state index in [1.165, 1.54) is 6.07 Å². The molecule has 2 aromatic rings. The summed E-state index contributed by atoms with van der Waals surface area (Å²) in [4.78, 5) is 11.7. The topological polar surface area (TPSA) is 41.1 Å². The number of rotatable bonds is 5. The number of hydrogen-bond acceptors (Lipinski definition) is 2. The van der Waals surface area contributed by atoms with Crippen LogP contribution in [0, 0.1) is 12.7 Å². The lowest BCUT2D eigenvalue weighted by molar-refractivity contribution is -0.115. The molecule has 0 fully saturated rings. The maximum Gasteiger partial charge on any atom is 0.238 e. The van der Waals surface area contributed by atoms with Crippen LogP contribution in [-0.4, -0.2) is 12.5 Å². The van der Waals surface area contributed by atoms with E-state index in [0.717, 1.165) is 16.8 Å². The predicted molar refractivity (Wildman–Crippen MR) is 82.9 cm³/mol. The fourth-order valence-corrected chi connectivity index (χ4v) is 2.02. The first kappa shape index (κ1) is 15.5. The lowest BCUT2D eigenvalue weighted by Crippen LogP contribution is -2.27. The van der Waals surface area contributed by atoms with E-state index in [2.05, 4.69) is 10.6 Å². The van der Waals surface area contributed by atoms with Crippen LogP contribution in [0.4, 0.5) is 10.1 Å². The summed E-state index contributed by atoms with van der Waals surface area (Å²) in [6.45, 7) is 2.60. The van der Waals surface area contributed by atoms with Crippen LogP contribution in [0.3, 0.4) is 0 Å². The third kappa shape index (κ3) is 4.85. The van der Waals surface area contributed by atoms with Gasteiger partial charge in [0.2, 0.25) is 5.91 Å². The highest BCUT2D eigenvalue weighted by Gasteiger charge is 2.04. The number of anilines is 1. The molecule has 1 amide bonds. The standard InChI is InChI=1S/C16H16ClFN2O/c1-11-2-5-13(6-3-11)20-16(21)10-19-9-12-4-7-15(18)14(17)8-12/h2-8,19H,9-10H2,1H3,(H,20,21). The van der Waals surface area contributed by atoms with Crippen molar-refractivity contribution in [1.29, 1.82) is 0 Å². The van der Waals surface area contributed by atoms with Crippen molar-refractivity contribution in [2.45, 2.75) is 13.5 Å². The SMILES string of the molecule is Cc1ccc(NC(=O)CNCc2ccc(F)c(Cl)c2)cc1. The smallest absolute Gasteiger partial charge is 0.238 e. The van der Waals surface area contributed by atoms with Crippen molar-refractivity contribution in [1.82, 2.24) is 5.32 Å². The third-order valence-electron chi connectivity index (χ3n) is 2.93. The Morgan fingerprint density at radius 2 is 1.90 bits per heavy atom. The lowest BCUT2D eigenvalue weighted by Gasteiger charge is -2.07. The molecular weight excluding hydrogens is 291 g/mol. The maximum absolute atomic E-state index is 13.0. The minimum Gasteiger partial charge on any atom is -0.325 e. The average Bonchev–Trinajstić information content (AvgIpc) is 2.45. The second-order valence-electron chi connectivity index (χ2n) is 4.77. The molecule has 0 unspecified atom stereocenters. The Bertz CT molecular complexity index is 629. The van der Waals surface area contributed by atoms with Gasteiger partial charge < -0.3 is 10.6 Å². The summed E-state index contributed by atoms with van der Waals surface area (Å²) in [7, 11) is 0. The first-order chi connectivity index (χ1) is 10.0. The zero-order chi connectivity index (χ0) is 15.2. The van der Waals surface area contributed by atoms with Gasteiger partial charge in [0.05, 0.1) is 11.6 Å². The van der Waals surface area contributed by atoms with E-state index in [9.17, 15) is 9.18 Å². The van der Waals surface area contributed by atoms with Crippen molar-refractivity contribution in [3.05, 3.63) is 64.4 Å². The second kappa shape index (κ2) is 7.20. The molecule has 5 heteroatoms. The number of carbonyl (C=O) groups excluding carboxylic acids is 1. The molecule has 3 nitrogen and oxygen atoms in total. The zero-order valence-electron chi connectivity index (χ0n) is 11.6. The van der Waals surface area contributed by atoms with E-state index in [1.807, 2.05) is 31.2 Å². The van der Waals surface area contributed by atoms with E-state index < -0.39 is 5.82 Å². The Morgan fingerprint density at radius 3 is 2.57 bits per heavy atom. The van der Waals surface area contributed by atoms with Gasteiger partial charge in [-0.15, -0.1) is 0 Å². The van der Waals surface area contributed by atoms with E-state index in [1.54, 1.807) is 12.1 Å². The van der Waals surface area contributed by atoms with Crippen LogP contribution in [0.2, 0.25) is 5.02 Å². The highest BCUT2D eigenvalue weighted by Crippen LogP contribution is 2.15. The molecule has 2 aromatic carbocycles. The van der Waals surface area contributed by atoms with Gasteiger partial charge in [-0.1, -0.05) is 35.4 Å². The highest BCUT2D eigenvalue weighted by molar-refractivity contribution is 6.30. The number of benzene rings is 2. The zero-order valence-corrected chi connectivity index (χ0v) is 12.4. The van der Waals surface area contributed by atoms with Gasteiger partial charge in [0.15, 0.2) is 0 Å². The molecule has 0 aliphatic rings. The Hall–Kier alpha value is -1.91. The van der Waals surface area contributed by atoms with Gasteiger partial charge in [-0.25, -0.2) is 4.39 Å². The molecule has 0 saturated heterocycles. The maximum atomic E-state index is 13.0. The molecule has 110 valence electrons. The predicted octanol–water partition coefficient (Wildman–Crippen LogP) is 3.52. The van der Waals surface area contributed by atoms with E-state index >= 15 is 0 Å². The fourth-order valence-electron chi connectivity index (χ4n) is 1.81. The van der Waals surface area contributed by atoms with Crippen LogP contribution in [-0.2, 0) is 11.3 Å². The van der Waals surface area contributed by atoms with Gasteiger partial charge in [0, 0.05) is 12.2 Å². The molecule has 0 spiro atoms. The monoisotopic (exact) mass is 306 g/mol. The van der Waals surface area contributed by atoms with Crippen molar-refractivity contribution < 1.29 is 9.18 Å². The molecule has 2 rings (SSSR count). The molecule has 21 heavy (non-hydrogen) atoms. The van der Waals surface area contributed by atoms with Crippen molar-refractivity contribution in [2.24, 2.45) is 0 Å². The minimum atomic E-state index is -0.447. The Kier molecular flexibility index (Phi) is 5.31. The molecule has 0 bridgehead atoms. The lowest BCUT2D eigenvalue weighted by atomic mass is 10.2. The number of amides is 1. The first-order valence-electron chi connectivity index (χ1n) is 6.56. The van der Waals surface area contributed by atoms with Gasteiger partial charge in [-0.05, 0) is 36.8 Å². The Balaban J connectivity index is 1.78. The molecule has 0 atom stereocenters. The Morgan fingerprint density at radius 1 is 1.19 bits per heavy atom. The molecule has 0 aliphatic carbocycles. The van der Waals surface area contributed by atoms with Gasteiger partial charge in [0.25, 0.3) is 0 Å². The highest BCUT2D eigenvalue weighted by atomic mass is 35.5. The van der Waals surface area contributed by atoms with Gasteiger partial charge in [-0.2, -0.15) is 0 Å². The van der Waals surface area contributed by atoms with Crippen LogP contribution in [0.5, 0.6) is 0 Å². The van der Waals surface area contributed by atoms with Gasteiger partial charge in [-0.3, -0.25) is 4.79 Å². The summed E-state index contributed by atoms with van der Waals surface area (Å²) in [6, 6.07) is 12.1. The summed E-state index contributed by atoms with van der Waals surface area (Å²) in [6.07, 6.45) is 0. The van der Waals surface area contributed by atoms with E-state index in [0.29, 0.717) is 6.54 Å². The van der Waals surface area contributed by atoms with E-state index in [-0.39, 0.29) is 17.5 Å². The number of halogens is 2. The molecule has 2 N–H and O–H groups in total. The summed E-state index contributed by atoms with van der Waals surface area (Å²) in [5, 5.41) is 5.86. The van der Waals surface area contributed by atoms with E-state index in [4.69, 9.17) is 11.6 Å². The molecule has 0 heterocycles. The summed E-state index contributed by atoms with van der Waals surface area (Å²) < 4.78 is 13.0. The number of carbonyl (C=O) groups is 1. The largest absolute Gasteiger partial charge is 0.325 e. The second-order valence-corrected chi connectivity index (χ2v) is 5.17. The molecular formula is C16H16ClFN2O. The Labute approximate surface area is 128 Å².